The van der Waals surface area contributed by atoms with Crippen molar-refractivity contribution in [1.29, 1.82) is 0 Å². The number of hydrogen-bond acceptors (Lipinski definition) is 0. The Hall–Kier alpha value is -0.820. The van der Waals surface area contributed by atoms with Crippen LogP contribution in [0.3, 0.4) is 0 Å². The normalized spacial score (nSPS) is 10.3. The van der Waals surface area contributed by atoms with Crippen LogP contribution in [0.4, 0.5) is 0 Å². The van der Waals surface area contributed by atoms with Crippen LogP contribution >= 0.6 is 15.9 Å². The molecule has 11 heavy (non-hydrogen) atoms. The average molecular weight is 206 g/mol. The molecular weight excluding hydrogens is 200 g/mol. The van der Waals surface area contributed by atoms with Gasteiger partial charge in [-0.3, -0.25) is 0 Å². The summed E-state index contributed by atoms with van der Waals surface area (Å²) < 4.78 is 1.01. The maximum atomic E-state index is 3.38. The molecule has 53 valence electrons. The van der Waals surface area contributed by atoms with Crippen LogP contribution in [0.2, 0.25) is 0 Å². The standard InChI is InChI=1S/C10H6Br/c11-10-6-5-8-3-1-2-4-9(8)7-10/h1-5,7H. The highest BCUT2D eigenvalue weighted by molar-refractivity contribution is 9.10. The van der Waals surface area contributed by atoms with Gasteiger partial charge in [0, 0.05) is 4.47 Å². The third-order valence-corrected chi connectivity index (χ3v) is 2.10. The average Bonchev–Trinajstić information content (AvgIpc) is 2.04. The molecular formula is C10H6Br. The van der Waals surface area contributed by atoms with Crippen molar-refractivity contribution in [3.8, 4) is 0 Å². The van der Waals surface area contributed by atoms with E-state index in [0.29, 0.717) is 0 Å². The lowest BCUT2D eigenvalue weighted by molar-refractivity contribution is 1.69. The minimum Gasteiger partial charge on any atom is -0.0616 e. The van der Waals surface area contributed by atoms with Gasteiger partial charge < -0.3 is 0 Å². The molecule has 0 N–H and O–H groups in total. The molecule has 0 bridgehead atoms. The minimum atomic E-state index is 1.01. The number of halogens is 1. The van der Waals surface area contributed by atoms with Crippen LogP contribution in [0.15, 0.2) is 40.9 Å². The van der Waals surface area contributed by atoms with Crippen molar-refractivity contribution in [1.82, 2.24) is 0 Å². The quantitative estimate of drug-likeness (QED) is 0.619. The summed E-state index contributed by atoms with van der Waals surface area (Å²) in [6.07, 6.45) is 0. The van der Waals surface area contributed by atoms with Crippen LogP contribution in [-0.4, -0.2) is 0 Å². The van der Waals surface area contributed by atoms with E-state index in [2.05, 4.69) is 40.2 Å². The van der Waals surface area contributed by atoms with Crippen molar-refractivity contribution in [2.24, 2.45) is 0 Å². The fourth-order valence-corrected chi connectivity index (χ4v) is 1.46. The van der Waals surface area contributed by atoms with Crippen molar-refractivity contribution < 1.29 is 0 Å². The van der Waals surface area contributed by atoms with Crippen molar-refractivity contribution in [3.63, 3.8) is 0 Å². The van der Waals surface area contributed by atoms with Crippen LogP contribution in [0, 0.1) is 6.07 Å². The predicted molar refractivity (Wildman–Crippen MR) is 50.5 cm³/mol. The molecule has 0 spiro atoms. The Labute approximate surface area is 74.0 Å². The molecule has 0 saturated heterocycles. The fraction of sp³-hybridized carbons (Fsp3) is 0. The van der Waals surface area contributed by atoms with Gasteiger partial charge in [0.05, 0.1) is 0 Å². The first-order chi connectivity index (χ1) is 5.36. The van der Waals surface area contributed by atoms with E-state index in [1.807, 2.05) is 18.2 Å². The van der Waals surface area contributed by atoms with E-state index in [1.165, 1.54) is 10.8 Å². The zero-order valence-electron chi connectivity index (χ0n) is 5.84. The van der Waals surface area contributed by atoms with E-state index in [-0.39, 0.29) is 0 Å². The zero-order valence-corrected chi connectivity index (χ0v) is 7.43. The SMILES string of the molecule is Brc1[c]cc2ccccc2c1. The van der Waals surface area contributed by atoms with Gasteiger partial charge >= 0.3 is 0 Å². The lowest BCUT2D eigenvalue weighted by Gasteiger charge is -1.95. The molecule has 0 aromatic heterocycles. The molecule has 2 aromatic rings. The van der Waals surface area contributed by atoms with Gasteiger partial charge in [-0.2, -0.15) is 0 Å². The molecule has 0 fully saturated rings. The maximum Gasteiger partial charge on any atom is 0.0260 e. The summed E-state index contributed by atoms with van der Waals surface area (Å²) in [5.74, 6) is 0. The Balaban J connectivity index is 2.83. The van der Waals surface area contributed by atoms with Crippen LogP contribution in [-0.2, 0) is 0 Å². The van der Waals surface area contributed by atoms with Gasteiger partial charge in [0.1, 0.15) is 0 Å². The molecule has 0 aliphatic heterocycles. The summed E-state index contributed by atoms with van der Waals surface area (Å²) in [5, 5.41) is 2.48. The lowest BCUT2D eigenvalue weighted by atomic mass is 10.1. The van der Waals surface area contributed by atoms with E-state index in [4.69, 9.17) is 0 Å². The monoisotopic (exact) mass is 205 g/mol. The number of rotatable bonds is 0. The number of hydrogen-bond donors (Lipinski definition) is 0. The summed E-state index contributed by atoms with van der Waals surface area (Å²) in [6.45, 7) is 0. The summed E-state index contributed by atoms with van der Waals surface area (Å²) in [4.78, 5) is 0. The number of fused-ring (bicyclic) bond motifs is 1. The van der Waals surface area contributed by atoms with E-state index < -0.39 is 0 Å². The van der Waals surface area contributed by atoms with Crippen molar-refractivity contribution >= 4 is 26.7 Å². The van der Waals surface area contributed by atoms with Crippen LogP contribution < -0.4 is 0 Å². The first-order valence-corrected chi connectivity index (χ1v) is 4.21. The summed E-state index contributed by atoms with van der Waals surface area (Å²) in [6, 6.07) is 15.4. The molecule has 0 aliphatic carbocycles. The second-order valence-electron chi connectivity index (χ2n) is 2.41. The molecule has 0 nitrogen and oxygen atoms in total. The Morgan fingerprint density at radius 1 is 1.09 bits per heavy atom. The highest BCUT2D eigenvalue weighted by Gasteiger charge is 1.91. The Morgan fingerprint density at radius 2 is 1.82 bits per heavy atom. The predicted octanol–water partition coefficient (Wildman–Crippen LogP) is 3.40. The lowest BCUT2D eigenvalue weighted by Crippen LogP contribution is -1.70. The Kier molecular flexibility index (Phi) is 1.66. The van der Waals surface area contributed by atoms with Gasteiger partial charge in [0.2, 0.25) is 0 Å². The molecule has 0 heterocycles. The molecule has 0 saturated carbocycles. The van der Waals surface area contributed by atoms with Gasteiger partial charge in [-0.15, -0.1) is 0 Å². The Morgan fingerprint density at radius 3 is 2.64 bits per heavy atom. The van der Waals surface area contributed by atoms with Crippen LogP contribution in [0.5, 0.6) is 0 Å². The third kappa shape index (κ3) is 1.29. The second kappa shape index (κ2) is 2.67. The highest BCUT2D eigenvalue weighted by Crippen LogP contribution is 2.18. The van der Waals surface area contributed by atoms with Gasteiger partial charge in [0.15, 0.2) is 0 Å². The van der Waals surface area contributed by atoms with Crippen molar-refractivity contribution in [2.45, 2.75) is 0 Å². The first kappa shape index (κ1) is 6.86. The Bertz CT molecular complexity index is 379. The topological polar surface area (TPSA) is 0 Å². The van der Waals surface area contributed by atoms with Crippen molar-refractivity contribution in [2.75, 3.05) is 0 Å². The van der Waals surface area contributed by atoms with Gasteiger partial charge in [-0.05, 0) is 29.0 Å². The van der Waals surface area contributed by atoms with E-state index in [9.17, 15) is 0 Å². The molecule has 0 atom stereocenters. The molecule has 0 amide bonds. The van der Waals surface area contributed by atoms with E-state index in [0.717, 1.165) is 4.47 Å². The third-order valence-electron chi connectivity index (χ3n) is 1.64. The van der Waals surface area contributed by atoms with Crippen LogP contribution in [0.25, 0.3) is 10.8 Å². The highest BCUT2D eigenvalue weighted by atomic mass is 79.9. The molecule has 1 heteroatoms. The van der Waals surface area contributed by atoms with Gasteiger partial charge in [-0.25, -0.2) is 0 Å². The fourth-order valence-electron chi connectivity index (χ4n) is 1.10. The van der Waals surface area contributed by atoms with E-state index in [1.54, 1.807) is 0 Å². The van der Waals surface area contributed by atoms with Gasteiger partial charge in [-0.1, -0.05) is 40.2 Å². The van der Waals surface area contributed by atoms with Crippen molar-refractivity contribution in [3.05, 3.63) is 46.9 Å². The second-order valence-corrected chi connectivity index (χ2v) is 3.26. The van der Waals surface area contributed by atoms with Crippen LogP contribution in [0.1, 0.15) is 0 Å². The number of benzene rings is 2. The zero-order chi connectivity index (χ0) is 7.68. The minimum absolute atomic E-state index is 1.01. The van der Waals surface area contributed by atoms with Gasteiger partial charge in [0.25, 0.3) is 0 Å². The molecule has 1 radical (unpaired) electrons. The molecule has 2 aromatic carbocycles. The maximum absolute atomic E-state index is 3.38. The first-order valence-electron chi connectivity index (χ1n) is 3.42. The van der Waals surface area contributed by atoms with E-state index >= 15 is 0 Å². The largest absolute Gasteiger partial charge is 0.0616 e. The summed E-state index contributed by atoms with van der Waals surface area (Å²) in [7, 11) is 0. The summed E-state index contributed by atoms with van der Waals surface area (Å²) in [5.41, 5.74) is 0. The molecule has 0 unspecified atom stereocenters. The smallest absolute Gasteiger partial charge is 0.0260 e. The molecule has 2 rings (SSSR count). The summed E-state index contributed by atoms with van der Waals surface area (Å²) >= 11 is 3.38. The molecule has 0 aliphatic rings.